The number of benzene rings is 3. The van der Waals surface area contributed by atoms with Gasteiger partial charge in [0.25, 0.3) is 0 Å². The van der Waals surface area contributed by atoms with Crippen LogP contribution in [0.25, 0.3) is 11.6 Å². The molecule has 0 amide bonds. The molecule has 1 atom stereocenters. The molecule has 0 heterocycles. The molecule has 116 valence electrons. The van der Waals surface area contributed by atoms with Gasteiger partial charge in [0.05, 0.1) is 5.41 Å². The Bertz CT molecular complexity index is 931. The number of hydrogen-bond acceptors (Lipinski definition) is 0. The lowest BCUT2D eigenvalue weighted by molar-refractivity contribution is 0.856. The van der Waals surface area contributed by atoms with Crippen LogP contribution in [0.1, 0.15) is 27.8 Å². The molecule has 4 rings (SSSR count). The lowest BCUT2D eigenvalue weighted by Gasteiger charge is -2.32. The molecular formula is C24H20. The molecule has 3 aromatic carbocycles. The molecule has 0 fully saturated rings. The van der Waals surface area contributed by atoms with Crippen LogP contribution in [0.4, 0.5) is 0 Å². The molecule has 0 saturated carbocycles. The molecule has 0 saturated heterocycles. The van der Waals surface area contributed by atoms with Gasteiger partial charge in [0.2, 0.25) is 0 Å². The summed E-state index contributed by atoms with van der Waals surface area (Å²) in [6.07, 6.45) is 4.42. The summed E-state index contributed by atoms with van der Waals surface area (Å²) in [5, 5.41) is 0. The second-order valence-corrected chi connectivity index (χ2v) is 6.39. The van der Waals surface area contributed by atoms with Gasteiger partial charge in [-0.3, -0.25) is 0 Å². The highest BCUT2D eigenvalue weighted by Crippen LogP contribution is 2.51. The predicted octanol–water partition coefficient (Wildman–Crippen LogP) is 6.02. The molecule has 1 aliphatic rings. The molecule has 3 aromatic rings. The van der Waals surface area contributed by atoms with Crippen molar-refractivity contribution < 1.29 is 0 Å². The van der Waals surface area contributed by atoms with E-state index in [1.54, 1.807) is 0 Å². The van der Waals surface area contributed by atoms with Crippen molar-refractivity contribution in [2.45, 2.75) is 12.3 Å². The average molecular weight is 308 g/mol. The Morgan fingerprint density at radius 3 is 2.33 bits per heavy atom. The molecule has 0 aliphatic heterocycles. The van der Waals surface area contributed by atoms with Gasteiger partial charge in [0, 0.05) is 0 Å². The lowest BCUT2D eigenvalue weighted by Crippen LogP contribution is -2.24. The van der Waals surface area contributed by atoms with Gasteiger partial charge in [0.1, 0.15) is 0 Å². The SMILES string of the molecule is C=CC1(c2ccccc2)C(c2cccc(C)c2)=Cc2ccccc21. The fourth-order valence-electron chi connectivity index (χ4n) is 3.87. The molecule has 0 heteroatoms. The van der Waals surface area contributed by atoms with E-state index in [1.807, 2.05) is 0 Å². The fraction of sp³-hybridized carbons (Fsp3) is 0.0833. The number of allylic oxidation sites excluding steroid dienone is 2. The zero-order chi connectivity index (χ0) is 16.6. The second-order valence-electron chi connectivity index (χ2n) is 6.39. The van der Waals surface area contributed by atoms with Gasteiger partial charge in [-0.15, -0.1) is 6.58 Å². The third kappa shape index (κ3) is 2.07. The van der Waals surface area contributed by atoms with Crippen LogP contribution in [0.5, 0.6) is 0 Å². The monoisotopic (exact) mass is 308 g/mol. The predicted molar refractivity (Wildman–Crippen MR) is 103 cm³/mol. The summed E-state index contributed by atoms with van der Waals surface area (Å²) in [5.74, 6) is 0. The maximum absolute atomic E-state index is 4.25. The van der Waals surface area contributed by atoms with Crippen molar-refractivity contribution in [1.82, 2.24) is 0 Å². The highest BCUT2D eigenvalue weighted by molar-refractivity contribution is 5.98. The molecule has 24 heavy (non-hydrogen) atoms. The summed E-state index contributed by atoms with van der Waals surface area (Å²) in [7, 11) is 0. The first kappa shape index (κ1) is 14.7. The molecular weight excluding hydrogens is 288 g/mol. The van der Waals surface area contributed by atoms with Gasteiger partial charge in [-0.05, 0) is 40.8 Å². The second kappa shape index (κ2) is 5.65. The Morgan fingerprint density at radius 2 is 1.58 bits per heavy atom. The van der Waals surface area contributed by atoms with E-state index in [0.717, 1.165) is 0 Å². The van der Waals surface area contributed by atoms with E-state index in [2.05, 4.69) is 105 Å². The van der Waals surface area contributed by atoms with Crippen molar-refractivity contribution in [2.24, 2.45) is 0 Å². The normalized spacial score (nSPS) is 18.8. The van der Waals surface area contributed by atoms with Gasteiger partial charge in [-0.25, -0.2) is 0 Å². The van der Waals surface area contributed by atoms with Crippen molar-refractivity contribution in [1.29, 1.82) is 0 Å². The van der Waals surface area contributed by atoms with E-state index in [-0.39, 0.29) is 5.41 Å². The summed E-state index contributed by atoms with van der Waals surface area (Å²) in [6.45, 7) is 6.39. The van der Waals surface area contributed by atoms with Crippen LogP contribution in [0, 0.1) is 6.92 Å². The standard InChI is InChI=1S/C24H20/c1-3-24(21-13-5-4-6-14-21)22-15-8-7-11-20(22)17-23(24)19-12-9-10-18(2)16-19/h3-17H,1H2,2H3. The van der Waals surface area contributed by atoms with Gasteiger partial charge in [-0.1, -0.05) is 90.5 Å². The van der Waals surface area contributed by atoms with Crippen molar-refractivity contribution in [3.63, 3.8) is 0 Å². The Labute approximate surface area is 143 Å². The van der Waals surface area contributed by atoms with Crippen molar-refractivity contribution in [2.75, 3.05) is 0 Å². The first-order chi connectivity index (χ1) is 11.8. The molecule has 1 aliphatic carbocycles. The molecule has 0 aromatic heterocycles. The summed E-state index contributed by atoms with van der Waals surface area (Å²) in [5.41, 5.74) is 7.38. The van der Waals surface area contributed by atoms with E-state index in [9.17, 15) is 0 Å². The van der Waals surface area contributed by atoms with Crippen molar-refractivity contribution in [3.8, 4) is 0 Å². The van der Waals surface area contributed by atoms with Gasteiger partial charge < -0.3 is 0 Å². The molecule has 0 N–H and O–H groups in total. The average Bonchev–Trinajstić information content (AvgIpc) is 2.98. The quantitative estimate of drug-likeness (QED) is 0.519. The minimum atomic E-state index is -0.300. The maximum Gasteiger partial charge on any atom is 0.0641 e. The van der Waals surface area contributed by atoms with Crippen LogP contribution in [0.3, 0.4) is 0 Å². The number of hydrogen-bond donors (Lipinski definition) is 0. The molecule has 0 nitrogen and oxygen atoms in total. The van der Waals surface area contributed by atoms with Gasteiger partial charge in [-0.2, -0.15) is 0 Å². The third-order valence-corrected chi connectivity index (χ3v) is 4.97. The van der Waals surface area contributed by atoms with Crippen LogP contribution in [-0.2, 0) is 5.41 Å². The molecule has 0 spiro atoms. The summed E-state index contributed by atoms with van der Waals surface area (Å²) < 4.78 is 0. The topological polar surface area (TPSA) is 0 Å². The Hall–Kier alpha value is -2.86. The van der Waals surface area contributed by atoms with E-state index < -0.39 is 0 Å². The summed E-state index contributed by atoms with van der Waals surface area (Å²) in [6, 6.07) is 28.1. The third-order valence-electron chi connectivity index (χ3n) is 4.97. The van der Waals surface area contributed by atoms with Crippen LogP contribution in [-0.4, -0.2) is 0 Å². The first-order valence-corrected chi connectivity index (χ1v) is 8.33. The van der Waals surface area contributed by atoms with E-state index >= 15 is 0 Å². The number of aryl methyl sites for hydroxylation is 1. The van der Waals surface area contributed by atoms with Crippen LogP contribution in [0.15, 0.2) is 91.5 Å². The number of rotatable bonds is 3. The minimum Gasteiger partial charge on any atom is -0.102 e. The highest BCUT2D eigenvalue weighted by Gasteiger charge is 2.40. The lowest BCUT2D eigenvalue weighted by atomic mass is 9.70. The van der Waals surface area contributed by atoms with E-state index in [4.69, 9.17) is 0 Å². The summed E-state index contributed by atoms with van der Waals surface area (Å²) in [4.78, 5) is 0. The Morgan fingerprint density at radius 1 is 0.833 bits per heavy atom. The Balaban J connectivity index is 2.04. The maximum atomic E-state index is 4.25. The zero-order valence-electron chi connectivity index (χ0n) is 13.9. The molecule has 0 bridgehead atoms. The zero-order valence-corrected chi connectivity index (χ0v) is 13.9. The Kier molecular flexibility index (Phi) is 3.46. The first-order valence-electron chi connectivity index (χ1n) is 8.33. The fourth-order valence-corrected chi connectivity index (χ4v) is 3.87. The van der Waals surface area contributed by atoms with Crippen molar-refractivity contribution in [3.05, 3.63) is 119 Å². The van der Waals surface area contributed by atoms with E-state index in [0.29, 0.717) is 0 Å². The molecule has 1 unspecified atom stereocenters. The minimum absolute atomic E-state index is 0.300. The largest absolute Gasteiger partial charge is 0.102 e. The van der Waals surface area contributed by atoms with E-state index in [1.165, 1.54) is 33.4 Å². The number of fused-ring (bicyclic) bond motifs is 1. The summed E-state index contributed by atoms with van der Waals surface area (Å²) >= 11 is 0. The van der Waals surface area contributed by atoms with Gasteiger partial charge in [0.15, 0.2) is 0 Å². The van der Waals surface area contributed by atoms with Crippen LogP contribution < -0.4 is 0 Å². The van der Waals surface area contributed by atoms with Gasteiger partial charge >= 0.3 is 0 Å². The van der Waals surface area contributed by atoms with Crippen LogP contribution >= 0.6 is 0 Å². The smallest absolute Gasteiger partial charge is 0.0641 e. The highest BCUT2D eigenvalue weighted by atomic mass is 14.4. The molecule has 0 radical (unpaired) electrons. The van der Waals surface area contributed by atoms with Crippen molar-refractivity contribution >= 4 is 11.6 Å². The van der Waals surface area contributed by atoms with Crippen LogP contribution in [0.2, 0.25) is 0 Å².